The predicted molar refractivity (Wildman–Crippen MR) is 74.9 cm³/mol. The Kier molecular flexibility index (Phi) is 4.39. The van der Waals surface area contributed by atoms with Gasteiger partial charge in [-0.15, -0.1) is 12.8 Å². The summed E-state index contributed by atoms with van der Waals surface area (Å²) in [6, 6.07) is 0. The largest absolute Gasteiger partial charge is 0.394 e. The van der Waals surface area contributed by atoms with Gasteiger partial charge < -0.3 is 15.6 Å². The molecule has 0 aromatic carbocycles. The van der Waals surface area contributed by atoms with E-state index in [9.17, 15) is 0 Å². The van der Waals surface area contributed by atoms with Crippen LogP contribution in [0, 0.1) is 12.8 Å². The molecule has 2 atom stereocenters. The van der Waals surface area contributed by atoms with Gasteiger partial charge in [0.25, 0.3) is 0 Å². The summed E-state index contributed by atoms with van der Waals surface area (Å²) in [7, 11) is 0. The summed E-state index contributed by atoms with van der Waals surface area (Å²) in [6.45, 7) is 0.0149. The van der Waals surface area contributed by atoms with Crippen LogP contribution >= 0.6 is 11.6 Å². The van der Waals surface area contributed by atoms with Crippen LogP contribution < -0.4 is 5.73 Å². The molecule has 2 unspecified atom stereocenters. The molecule has 8 heteroatoms. The third kappa shape index (κ3) is 2.54. The summed E-state index contributed by atoms with van der Waals surface area (Å²) >= 11 is 5.79. The second-order valence-corrected chi connectivity index (χ2v) is 4.51. The predicted octanol–water partition coefficient (Wildman–Crippen LogP) is 0.981. The van der Waals surface area contributed by atoms with Gasteiger partial charge in [-0.3, -0.25) is 4.57 Å². The fraction of sp³-hybridized carbons (Fsp3) is 0.417. The first kappa shape index (κ1) is 14.5. The molecule has 20 heavy (non-hydrogen) atoms. The number of hydrogen-bond donors (Lipinski definition) is 2. The van der Waals surface area contributed by atoms with Gasteiger partial charge in [0.05, 0.1) is 19.0 Å². The Morgan fingerprint density at radius 3 is 2.85 bits per heavy atom. The van der Waals surface area contributed by atoms with Crippen LogP contribution in [0.3, 0.4) is 0 Å². The van der Waals surface area contributed by atoms with Crippen molar-refractivity contribution < 1.29 is 9.84 Å². The Balaban J connectivity index is 0.000000704. The molecule has 2 aromatic heterocycles. The minimum Gasteiger partial charge on any atom is -0.394 e. The average Bonchev–Trinajstić information content (AvgIpc) is 3.06. The smallest absolute Gasteiger partial charge is 0.226 e. The summed E-state index contributed by atoms with van der Waals surface area (Å²) in [5, 5.41) is 9.15. The highest BCUT2D eigenvalue weighted by molar-refractivity contribution is 6.28. The van der Waals surface area contributed by atoms with E-state index in [-0.39, 0.29) is 30.0 Å². The molecule has 0 aliphatic carbocycles. The number of aromatic nitrogens is 4. The number of hydrogen-bond acceptors (Lipinski definition) is 6. The highest BCUT2D eigenvalue weighted by Gasteiger charge is 2.27. The molecule has 3 heterocycles. The highest BCUT2D eigenvalue weighted by atomic mass is 35.5. The van der Waals surface area contributed by atoms with E-state index >= 15 is 0 Å². The maximum atomic E-state index is 9.07. The minimum absolute atomic E-state index is 0.0149. The topological polar surface area (TPSA) is 99.1 Å². The van der Waals surface area contributed by atoms with Crippen molar-refractivity contribution in [3.63, 3.8) is 0 Å². The summed E-state index contributed by atoms with van der Waals surface area (Å²) in [4.78, 5) is 12.1. The van der Waals surface area contributed by atoms with Crippen LogP contribution in [0.15, 0.2) is 6.33 Å². The van der Waals surface area contributed by atoms with Crippen LogP contribution in [0.5, 0.6) is 0 Å². The van der Waals surface area contributed by atoms with E-state index in [2.05, 4.69) is 27.8 Å². The number of imidazole rings is 1. The monoisotopic (exact) mass is 295 g/mol. The second-order valence-electron chi connectivity index (χ2n) is 4.17. The molecule has 1 aliphatic rings. The lowest BCUT2D eigenvalue weighted by Crippen LogP contribution is -2.14. The number of nitrogens with zero attached hydrogens (tertiary/aromatic N) is 4. The zero-order chi connectivity index (χ0) is 14.7. The van der Waals surface area contributed by atoms with E-state index < -0.39 is 0 Å². The Labute approximate surface area is 120 Å². The molecule has 0 spiro atoms. The Morgan fingerprint density at radius 1 is 1.45 bits per heavy atom. The van der Waals surface area contributed by atoms with Crippen LogP contribution in [-0.2, 0) is 4.74 Å². The fourth-order valence-corrected chi connectivity index (χ4v) is 2.32. The van der Waals surface area contributed by atoms with E-state index in [0.717, 1.165) is 12.8 Å². The minimum atomic E-state index is -0.197. The van der Waals surface area contributed by atoms with Crippen molar-refractivity contribution in [1.29, 1.82) is 0 Å². The van der Waals surface area contributed by atoms with Crippen molar-refractivity contribution in [2.24, 2.45) is 0 Å². The molecule has 0 bridgehead atoms. The number of nitrogen functional groups attached to an aromatic ring is 1. The van der Waals surface area contributed by atoms with Crippen LogP contribution in [-0.4, -0.2) is 37.3 Å². The molecule has 0 amide bonds. The summed E-state index contributed by atoms with van der Waals surface area (Å²) in [5.41, 5.74) is 6.79. The molecule has 106 valence electrons. The second kappa shape index (κ2) is 6.05. The van der Waals surface area contributed by atoms with Gasteiger partial charge in [-0.05, 0) is 24.4 Å². The van der Waals surface area contributed by atoms with Gasteiger partial charge in [0, 0.05) is 0 Å². The Hall–Kier alpha value is -1.88. The van der Waals surface area contributed by atoms with Crippen molar-refractivity contribution in [3.05, 3.63) is 11.6 Å². The molecule has 3 rings (SSSR count). The standard InChI is InChI=1S/C10H12ClN5O2.C2H2/c11-10-14-8(12)7-9(15-10)16(4-13-7)6-2-1-5(3-17)18-6;1-2/h4-6,17H,1-3H2,(H2,12,14,15);1-2H. The van der Waals surface area contributed by atoms with E-state index in [1.54, 1.807) is 10.9 Å². The van der Waals surface area contributed by atoms with Gasteiger partial charge in [-0.1, -0.05) is 0 Å². The first-order valence-corrected chi connectivity index (χ1v) is 6.32. The molecule has 0 radical (unpaired) electrons. The normalized spacial score (nSPS) is 21.6. The number of fused-ring (bicyclic) bond motifs is 1. The molecule has 0 saturated carbocycles. The molecular weight excluding hydrogens is 282 g/mol. The number of rotatable bonds is 2. The van der Waals surface area contributed by atoms with Crippen LogP contribution in [0.25, 0.3) is 11.2 Å². The maximum absolute atomic E-state index is 9.07. The van der Waals surface area contributed by atoms with Crippen LogP contribution in [0.2, 0.25) is 5.28 Å². The van der Waals surface area contributed by atoms with E-state index in [1.165, 1.54) is 0 Å². The van der Waals surface area contributed by atoms with Gasteiger partial charge in [0.2, 0.25) is 5.28 Å². The number of ether oxygens (including phenoxy) is 1. The van der Waals surface area contributed by atoms with Gasteiger partial charge in [-0.2, -0.15) is 9.97 Å². The van der Waals surface area contributed by atoms with E-state index in [0.29, 0.717) is 11.2 Å². The third-order valence-electron chi connectivity index (χ3n) is 3.02. The summed E-state index contributed by atoms with van der Waals surface area (Å²) < 4.78 is 7.44. The number of terminal acetylenes is 1. The lowest BCUT2D eigenvalue weighted by atomic mass is 10.2. The first-order chi connectivity index (χ1) is 9.69. The molecular formula is C12H14ClN5O2. The Bertz CT molecular complexity index is 627. The molecule has 7 nitrogen and oxygen atoms in total. The van der Waals surface area contributed by atoms with Gasteiger partial charge >= 0.3 is 0 Å². The van der Waals surface area contributed by atoms with E-state index in [4.69, 9.17) is 27.2 Å². The molecule has 2 aromatic rings. The summed E-state index contributed by atoms with van der Waals surface area (Å²) in [5.74, 6) is 0.250. The van der Waals surface area contributed by atoms with Crippen LogP contribution in [0.1, 0.15) is 19.1 Å². The molecule has 1 saturated heterocycles. The van der Waals surface area contributed by atoms with Crippen molar-refractivity contribution in [2.45, 2.75) is 25.2 Å². The van der Waals surface area contributed by atoms with Gasteiger partial charge in [-0.25, -0.2) is 4.98 Å². The quantitative estimate of drug-likeness (QED) is 0.633. The van der Waals surface area contributed by atoms with Gasteiger partial charge in [0.15, 0.2) is 11.5 Å². The number of aliphatic hydroxyl groups excluding tert-OH is 1. The van der Waals surface area contributed by atoms with Crippen molar-refractivity contribution >= 4 is 28.6 Å². The lowest BCUT2D eigenvalue weighted by molar-refractivity contribution is -0.0207. The van der Waals surface area contributed by atoms with E-state index in [1.807, 2.05) is 0 Å². The first-order valence-electron chi connectivity index (χ1n) is 5.94. The number of aliphatic hydroxyl groups is 1. The number of anilines is 1. The molecule has 1 aliphatic heterocycles. The highest BCUT2D eigenvalue weighted by Crippen LogP contribution is 2.31. The Morgan fingerprint density at radius 2 is 2.20 bits per heavy atom. The van der Waals surface area contributed by atoms with Crippen molar-refractivity contribution in [1.82, 2.24) is 19.5 Å². The SMILES string of the molecule is C#C.Nc1nc(Cl)nc2c1ncn2C1CCC(CO)O1. The number of nitrogens with two attached hydrogens (primary N) is 1. The lowest BCUT2D eigenvalue weighted by Gasteiger charge is -2.13. The zero-order valence-electron chi connectivity index (χ0n) is 10.6. The van der Waals surface area contributed by atoms with Crippen molar-refractivity contribution in [2.75, 3.05) is 12.3 Å². The summed E-state index contributed by atoms with van der Waals surface area (Å²) in [6.07, 6.45) is 10.9. The third-order valence-corrected chi connectivity index (χ3v) is 3.19. The van der Waals surface area contributed by atoms with Gasteiger partial charge in [0.1, 0.15) is 11.7 Å². The average molecular weight is 296 g/mol. The number of halogens is 1. The van der Waals surface area contributed by atoms with Crippen molar-refractivity contribution in [3.8, 4) is 12.8 Å². The zero-order valence-corrected chi connectivity index (χ0v) is 11.4. The fourth-order valence-electron chi connectivity index (χ4n) is 2.15. The molecule has 3 N–H and O–H groups in total. The molecule has 1 fully saturated rings. The van der Waals surface area contributed by atoms with Crippen LogP contribution in [0.4, 0.5) is 5.82 Å². The maximum Gasteiger partial charge on any atom is 0.226 e.